The summed E-state index contributed by atoms with van der Waals surface area (Å²) < 4.78 is 9.04. The molecule has 1 atom stereocenters. The minimum Gasteiger partial charge on any atom is -0.464 e. The van der Waals surface area contributed by atoms with Gasteiger partial charge in [-0.2, -0.15) is 0 Å². The van der Waals surface area contributed by atoms with Crippen molar-refractivity contribution in [2.45, 2.75) is 136 Å². The van der Waals surface area contributed by atoms with Crippen molar-refractivity contribution in [1.29, 1.82) is 0 Å². The van der Waals surface area contributed by atoms with Gasteiger partial charge in [-0.05, 0) is 38.5 Å². The van der Waals surface area contributed by atoms with E-state index in [9.17, 15) is 34.6 Å². The summed E-state index contributed by atoms with van der Waals surface area (Å²) in [7, 11) is 0. The zero-order valence-corrected chi connectivity index (χ0v) is 26.4. The molecule has 0 saturated heterocycles. The van der Waals surface area contributed by atoms with Gasteiger partial charge in [0.1, 0.15) is 19.0 Å². The van der Waals surface area contributed by atoms with Gasteiger partial charge in [-0.3, -0.25) is 14.4 Å². The largest absolute Gasteiger partial charge is 0.464 e. The van der Waals surface area contributed by atoms with Crippen LogP contribution in [0.4, 0.5) is 0 Å². The van der Waals surface area contributed by atoms with Crippen molar-refractivity contribution >= 4 is 18.2 Å². The van der Waals surface area contributed by atoms with Crippen molar-refractivity contribution in [3.05, 3.63) is 32.4 Å². The van der Waals surface area contributed by atoms with Crippen LogP contribution in [0.2, 0.25) is 0 Å². The van der Waals surface area contributed by atoms with Gasteiger partial charge in [-0.15, -0.1) is 20.2 Å². The Hall–Kier alpha value is -3.25. The summed E-state index contributed by atoms with van der Waals surface area (Å²) in [5.41, 5.74) is 0. The lowest BCUT2D eigenvalue weighted by Crippen LogP contribution is -2.29. The van der Waals surface area contributed by atoms with E-state index in [-0.39, 0.29) is 25.9 Å². The van der Waals surface area contributed by atoms with Gasteiger partial charge in [-0.1, -0.05) is 90.2 Å². The van der Waals surface area contributed by atoms with Crippen molar-refractivity contribution < 1.29 is 43.7 Å². The smallest absolute Gasteiger partial charge is 0.306 e. The molecule has 1 fully saturated rings. The molecule has 0 heterocycles. The monoisotopic (exact) mass is 618 g/mol. The molecular weight excluding hydrogens is 564 g/mol. The zero-order valence-electron chi connectivity index (χ0n) is 26.4. The van der Waals surface area contributed by atoms with Crippen LogP contribution in [0, 0.1) is 26.1 Å². The summed E-state index contributed by atoms with van der Waals surface area (Å²) in [6, 6.07) is 0. The van der Waals surface area contributed by atoms with Crippen molar-refractivity contribution in [3.63, 3.8) is 0 Å². The highest BCUT2D eigenvalue weighted by Crippen LogP contribution is 2.28. The average molecular weight is 619 g/mol. The summed E-state index contributed by atoms with van der Waals surface area (Å²) >= 11 is 0. The first-order chi connectivity index (χ1) is 20.7. The molecule has 250 valence electrons. The number of carbonyl (C=O) groups is 3. The van der Waals surface area contributed by atoms with E-state index in [1.165, 1.54) is 77.0 Å². The van der Waals surface area contributed by atoms with Gasteiger partial charge < -0.3 is 19.1 Å². The average Bonchev–Trinajstić information content (AvgIpc) is 3.50. The van der Waals surface area contributed by atoms with Crippen LogP contribution in [-0.4, -0.2) is 54.3 Å². The molecule has 0 radical (unpaired) electrons. The molecule has 0 spiro atoms. The molecule has 0 bridgehead atoms. The minimum absolute atomic E-state index is 0.0250. The van der Waals surface area contributed by atoms with Crippen LogP contribution in [-0.2, 0) is 33.5 Å². The lowest BCUT2D eigenvalue weighted by molar-refractivity contribution is -0.759. The molecule has 13 heteroatoms. The second kappa shape index (κ2) is 31.7. The summed E-state index contributed by atoms with van der Waals surface area (Å²) in [6.45, 7) is 5.29. The van der Waals surface area contributed by atoms with Crippen LogP contribution in [0.1, 0.15) is 130 Å². The van der Waals surface area contributed by atoms with Gasteiger partial charge in [0.2, 0.25) is 0 Å². The Balaban J connectivity index is 0. The van der Waals surface area contributed by atoms with Gasteiger partial charge in [0.25, 0.3) is 16.6 Å². The number of allylic oxidation sites excluding steroid dienone is 2. The molecule has 0 aromatic heterocycles. The highest BCUT2D eigenvalue weighted by atomic mass is 17.0. The number of esters is 1. The molecule has 0 aromatic rings. The maximum absolute atomic E-state index is 11.6. The molecule has 1 rings (SSSR count). The van der Waals surface area contributed by atoms with E-state index in [4.69, 9.17) is 4.74 Å². The van der Waals surface area contributed by atoms with Crippen molar-refractivity contribution in [3.8, 4) is 0 Å². The van der Waals surface area contributed by atoms with Crippen LogP contribution >= 0.6 is 0 Å². The Kier molecular flexibility index (Phi) is 30.9. The van der Waals surface area contributed by atoms with Gasteiger partial charge >= 0.3 is 5.97 Å². The summed E-state index contributed by atoms with van der Waals surface area (Å²) in [5.74, 6) is 0.607. The van der Waals surface area contributed by atoms with E-state index >= 15 is 0 Å². The Morgan fingerprint density at radius 2 is 1.51 bits per heavy atom. The van der Waals surface area contributed by atoms with Crippen LogP contribution in [0.5, 0.6) is 0 Å². The van der Waals surface area contributed by atoms with Gasteiger partial charge in [-0.25, -0.2) is 0 Å². The van der Waals surface area contributed by atoms with Crippen LogP contribution in [0.25, 0.3) is 0 Å². The number of rotatable bonds is 24. The van der Waals surface area contributed by atoms with Crippen molar-refractivity contribution in [1.82, 2.24) is 0 Å². The molecule has 0 aromatic carbocycles. The molecule has 1 aliphatic carbocycles. The number of unbranched alkanes of at least 4 members (excludes halogenated alkanes) is 6. The van der Waals surface area contributed by atoms with Crippen molar-refractivity contribution in [2.24, 2.45) is 5.92 Å². The second-order valence-corrected chi connectivity index (χ2v) is 10.3. The van der Waals surface area contributed by atoms with E-state index in [1.807, 2.05) is 0 Å². The maximum Gasteiger partial charge on any atom is 0.306 e. The van der Waals surface area contributed by atoms with Gasteiger partial charge in [0.05, 0.1) is 6.61 Å². The van der Waals surface area contributed by atoms with Gasteiger partial charge in [0, 0.05) is 19.3 Å². The fourth-order valence-electron chi connectivity index (χ4n) is 4.21. The van der Waals surface area contributed by atoms with E-state index in [1.54, 1.807) is 0 Å². The molecular formula is C30H54N2O11. The summed E-state index contributed by atoms with van der Waals surface area (Å²) in [4.78, 5) is 60.7. The Morgan fingerprint density at radius 3 is 2.09 bits per heavy atom. The zero-order chi connectivity index (χ0) is 32.6. The standard InChI is InChI=1S/C15H28O.C8H12N2O10.C7H14/c1-2-3-4-5-6-11-15(16)13-12-14-9-7-8-10-14;11-6-17-4-7(5-19-10(15)16)20-8(12)2-1-3-18-9(13)14;1-3-5-7-6-4-2/h14H,2-13H2,1H3;6-7H,1-5H2;3,5H,4,6-7H2,1-2H3/b;;5-3-. The first-order valence-electron chi connectivity index (χ1n) is 15.6. The van der Waals surface area contributed by atoms with Crippen LogP contribution in [0.3, 0.4) is 0 Å². The molecule has 0 amide bonds. The number of ketones is 1. The van der Waals surface area contributed by atoms with Crippen LogP contribution in [0.15, 0.2) is 12.2 Å². The molecule has 1 unspecified atom stereocenters. The van der Waals surface area contributed by atoms with E-state index < -0.39 is 35.5 Å². The maximum atomic E-state index is 11.6. The Morgan fingerprint density at radius 1 is 0.860 bits per heavy atom. The number of hydrogen-bond acceptors (Lipinski definition) is 11. The first-order valence-corrected chi connectivity index (χ1v) is 15.6. The molecule has 43 heavy (non-hydrogen) atoms. The van der Waals surface area contributed by atoms with Gasteiger partial charge in [0.15, 0.2) is 6.10 Å². The van der Waals surface area contributed by atoms with E-state index in [2.05, 4.69) is 47.3 Å². The minimum atomic E-state index is -1.14. The Labute approximate surface area is 256 Å². The molecule has 0 N–H and O–H groups in total. The fraction of sp³-hybridized carbons (Fsp3) is 0.833. The lowest BCUT2D eigenvalue weighted by Gasteiger charge is -2.15. The van der Waals surface area contributed by atoms with E-state index in [0.29, 0.717) is 5.78 Å². The number of carbonyl (C=O) groups excluding carboxylic acids is 3. The third kappa shape index (κ3) is 33.1. The second-order valence-electron chi connectivity index (χ2n) is 10.3. The molecule has 1 aliphatic rings. The summed E-state index contributed by atoms with van der Waals surface area (Å²) in [5, 5.41) is 17.7. The predicted octanol–water partition coefficient (Wildman–Crippen LogP) is 6.91. The molecule has 13 nitrogen and oxygen atoms in total. The third-order valence-corrected chi connectivity index (χ3v) is 6.56. The summed E-state index contributed by atoms with van der Waals surface area (Å²) in [6.07, 6.45) is 21.6. The third-order valence-electron chi connectivity index (χ3n) is 6.56. The number of hydrogen-bond donors (Lipinski definition) is 0. The number of ether oxygens (including phenoxy) is 2. The quantitative estimate of drug-likeness (QED) is 0.0274. The normalized spacial score (nSPS) is 13.1. The highest BCUT2D eigenvalue weighted by molar-refractivity contribution is 5.78. The SMILES string of the molecule is C/C=C\CCCC.CCCCCCCC(=O)CCC1CCCC1.O=COCC(CO[N+](=O)[O-])OC(=O)CCCO[N+](=O)[O-]. The highest BCUT2D eigenvalue weighted by Gasteiger charge is 2.18. The fourth-order valence-corrected chi connectivity index (χ4v) is 4.21. The lowest BCUT2D eigenvalue weighted by atomic mass is 9.98. The molecule has 0 aliphatic heterocycles. The topological polar surface area (TPSA) is 174 Å². The predicted molar refractivity (Wildman–Crippen MR) is 161 cm³/mol. The number of Topliss-reactive ketones (excluding diaryl/α,β-unsaturated/α-hetero) is 1. The Bertz CT molecular complexity index is 756. The number of nitrogens with zero attached hydrogens (tertiary/aromatic N) is 2. The first kappa shape index (κ1) is 41.9. The van der Waals surface area contributed by atoms with Crippen molar-refractivity contribution in [2.75, 3.05) is 19.8 Å². The molecule has 1 saturated carbocycles. The van der Waals surface area contributed by atoms with E-state index in [0.717, 1.165) is 25.2 Å². The van der Waals surface area contributed by atoms with Crippen LogP contribution < -0.4 is 0 Å².